The van der Waals surface area contributed by atoms with Gasteiger partial charge in [-0.3, -0.25) is 9.58 Å². The predicted molar refractivity (Wildman–Crippen MR) is 74.2 cm³/mol. The molecule has 2 N–H and O–H groups in total. The van der Waals surface area contributed by atoms with Crippen LogP contribution in [-0.4, -0.2) is 21.7 Å². The van der Waals surface area contributed by atoms with Crippen molar-refractivity contribution in [3.8, 4) is 0 Å². The monoisotopic (exact) mass is 264 g/mol. The number of halogens is 1. The Morgan fingerprint density at radius 1 is 1.33 bits per heavy atom. The van der Waals surface area contributed by atoms with Crippen LogP contribution in [0.3, 0.4) is 0 Å². The molecule has 96 valence electrons. The third kappa shape index (κ3) is 3.24. The highest BCUT2D eigenvalue weighted by Crippen LogP contribution is 2.20. The van der Waals surface area contributed by atoms with Gasteiger partial charge in [0.2, 0.25) is 0 Å². The molecule has 18 heavy (non-hydrogen) atoms. The van der Waals surface area contributed by atoms with Crippen LogP contribution in [-0.2, 0) is 20.1 Å². The fourth-order valence-electron chi connectivity index (χ4n) is 1.92. The highest BCUT2D eigenvalue weighted by Gasteiger charge is 2.05. The molecule has 0 aliphatic heterocycles. The zero-order chi connectivity index (χ0) is 13.1. The number of nitrogens with two attached hydrogens (primary N) is 1. The lowest BCUT2D eigenvalue weighted by Crippen LogP contribution is -2.17. The van der Waals surface area contributed by atoms with Crippen LogP contribution in [0, 0.1) is 0 Å². The largest absolute Gasteiger partial charge is 0.398 e. The minimum absolute atomic E-state index is 0.605. The van der Waals surface area contributed by atoms with Crippen molar-refractivity contribution in [2.24, 2.45) is 7.05 Å². The first kappa shape index (κ1) is 12.9. The molecule has 0 unspecified atom stereocenters. The molecular formula is C13H17ClN4. The van der Waals surface area contributed by atoms with Crippen LogP contribution in [0.1, 0.15) is 11.1 Å². The van der Waals surface area contributed by atoms with Crippen LogP contribution >= 0.6 is 11.6 Å². The highest BCUT2D eigenvalue weighted by atomic mass is 35.5. The molecule has 0 spiro atoms. The van der Waals surface area contributed by atoms with Gasteiger partial charge in [0, 0.05) is 31.9 Å². The molecule has 0 fully saturated rings. The number of aryl methyl sites for hydroxylation is 1. The third-order valence-electron chi connectivity index (χ3n) is 2.72. The first-order chi connectivity index (χ1) is 8.54. The van der Waals surface area contributed by atoms with E-state index in [4.69, 9.17) is 17.3 Å². The topological polar surface area (TPSA) is 47.1 Å². The number of hydrogen-bond acceptors (Lipinski definition) is 3. The van der Waals surface area contributed by atoms with Gasteiger partial charge in [-0.2, -0.15) is 5.10 Å². The van der Waals surface area contributed by atoms with E-state index in [1.165, 1.54) is 5.56 Å². The molecular weight excluding hydrogens is 248 g/mol. The summed E-state index contributed by atoms with van der Waals surface area (Å²) in [6, 6.07) is 5.75. The second kappa shape index (κ2) is 5.42. The molecule has 0 bridgehead atoms. The molecule has 1 aromatic carbocycles. The van der Waals surface area contributed by atoms with E-state index in [9.17, 15) is 0 Å². The van der Waals surface area contributed by atoms with Crippen molar-refractivity contribution in [2.75, 3.05) is 12.8 Å². The fourth-order valence-corrected chi connectivity index (χ4v) is 2.04. The summed E-state index contributed by atoms with van der Waals surface area (Å²) in [5, 5.41) is 4.76. The molecule has 0 amide bonds. The first-order valence-corrected chi connectivity index (χ1v) is 6.12. The van der Waals surface area contributed by atoms with E-state index < -0.39 is 0 Å². The van der Waals surface area contributed by atoms with Crippen molar-refractivity contribution in [2.45, 2.75) is 13.1 Å². The quantitative estimate of drug-likeness (QED) is 0.862. The van der Waals surface area contributed by atoms with E-state index in [1.807, 2.05) is 42.3 Å². The lowest BCUT2D eigenvalue weighted by Gasteiger charge is -2.16. The van der Waals surface area contributed by atoms with E-state index in [1.54, 1.807) is 0 Å². The van der Waals surface area contributed by atoms with Gasteiger partial charge in [-0.15, -0.1) is 0 Å². The zero-order valence-corrected chi connectivity index (χ0v) is 11.4. The summed E-state index contributed by atoms with van der Waals surface area (Å²) in [5.74, 6) is 0. The first-order valence-electron chi connectivity index (χ1n) is 5.74. The number of rotatable bonds is 4. The number of nitrogen functional groups attached to an aromatic ring is 1. The Balaban J connectivity index is 1.98. The third-order valence-corrected chi connectivity index (χ3v) is 3.07. The Labute approximate surface area is 112 Å². The number of nitrogens with zero attached hydrogens (tertiary/aromatic N) is 3. The zero-order valence-electron chi connectivity index (χ0n) is 10.6. The molecule has 2 rings (SSSR count). The van der Waals surface area contributed by atoms with E-state index in [0.29, 0.717) is 10.7 Å². The smallest absolute Gasteiger partial charge is 0.0635 e. The summed E-state index contributed by atoms with van der Waals surface area (Å²) in [5.41, 5.74) is 8.77. The van der Waals surface area contributed by atoms with Crippen LogP contribution in [0.2, 0.25) is 5.02 Å². The van der Waals surface area contributed by atoms with Crippen LogP contribution in [0.15, 0.2) is 30.6 Å². The molecule has 1 heterocycles. The Kier molecular flexibility index (Phi) is 3.89. The predicted octanol–water partition coefficient (Wildman–Crippen LogP) is 2.29. The second-order valence-electron chi connectivity index (χ2n) is 4.55. The Hall–Kier alpha value is -1.52. The van der Waals surface area contributed by atoms with Gasteiger partial charge < -0.3 is 5.73 Å². The second-order valence-corrected chi connectivity index (χ2v) is 4.96. The molecule has 0 aliphatic rings. The minimum atomic E-state index is 0.605. The Bertz CT molecular complexity index is 536. The van der Waals surface area contributed by atoms with E-state index >= 15 is 0 Å². The summed E-state index contributed by atoms with van der Waals surface area (Å²) in [7, 11) is 3.99. The minimum Gasteiger partial charge on any atom is -0.398 e. The fraction of sp³-hybridized carbons (Fsp3) is 0.308. The molecule has 0 saturated carbocycles. The average Bonchev–Trinajstić information content (AvgIpc) is 2.69. The number of anilines is 1. The van der Waals surface area contributed by atoms with Crippen LogP contribution < -0.4 is 5.73 Å². The molecule has 2 aromatic rings. The van der Waals surface area contributed by atoms with E-state index in [2.05, 4.69) is 17.0 Å². The Morgan fingerprint density at radius 2 is 2.06 bits per heavy atom. The van der Waals surface area contributed by atoms with Gasteiger partial charge in [0.1, 0.15) is 0 Å². The van der Waals surface area contributed by atoms with Crippen LogP contribution in [0.4, 0.5) is 5.69 Å². The maximum absolute atomic E-state index is 5.90. The van der Waals surface area contributed by atoms with Crippen molar-refractivity contribution < 1.29 is 0 Å². The summed E-state index contributed by atoms with van der Waals surface area (Å²) in [4.78, 5) is 2.21. The normalized spacial score (nSPS) is 11.1. The van der Waals surface area contributed by atoms with Gasteiger partial charge in [-0.1, -0.05) is 17.7 Å². The molecule has 1 aromatic heterocycles. The van der Waals surface area contributed by atoms with Crippen molar-refractivity contribution in [1.29, 1.82) is 0 Å². The summed E-state index contributed by atoms with van der Waals surface area (Å²) < 4.78 is 1.81. The average molecular weight is 265 g/mol. The Morgan fingerprint density at radius 3 is 2.67 bits per heavy atom. The van der Waals surface area contributed by atoms with E-state index in [-0.39, 0.29) is 0 Å². The number of benzene rings is 1. The van der Waals surface area contributed by atoms with Gasteiger partial charge in [-0.25, -0.2) is 0 Å². The van der Waals surface area contributed by atoms with Crippen molar-refractivity contribution in [1.82, 2.24) is 14.7 Å². The van der Waals surface area contributed by atoms with Crippen molar-refractivity contribution in [3.05, 3.63) is 46.7 Å². The number of hydrogen-bond donors (Lipinski definition) is 1. The van der Waals surface area contributed by atoms with Gasteiger partial charge in [0.05, 0.1) is 16.9 Å². The molecule has 5 heteroatoms. The van der Waals surface area contributed by atoms with Gasteiger partial charge in [0.15, 0.2) is 0 Å². The van der Waals surface area contributed by atoms with Gasteiger partial charge >= 0.3 is 0 Å². The van der Waals surface area contributed by atoms with Crippen molar-refractivity contribution in [3.63, 3.8) is 0 Å². The summed E-state index contributed by atoms with van der Waals surface area (Å²) in [6.07, 6.45) is 3.90. The molecule has 0 aliphatic carbocycles. The maximum atomic E-state index is 5.90. The lowest BCUT2D eigenvalue weighted by molar-refractivity contribution is 0.319. The SMILES string of the molecule is CN(Cc1ccc(Cl)c(N)c1)Cc1cnn(C)c1. The summed E-state index contributed by atoms with van der Waals surface area (Å²) in [6.45, 7) is 1.69. The molecule has 0 saturated heterocycles. The van der Waals surface area contributed by atoms with Gasteiger partial charge in [-0.05, 0) is 24.7 Å². The lowest BCUT2D eigenvalue weighted by atomic mass is 10.2. The maximum Gasteiger partial charge on any atom is 0.0635 e. The summed E-state index contributed by atoms with van der Waals surface area (Å²) >= 11 is 5.90. The van der Waals surface area contributed by atoms with Crippen LogP contribution in [0.25, 0.3) is 0 Å². The standard InChI is InChI=1S/C13H17ClN4/c1-17(8-11-6-16-18(2)9-11)7-10-3-4-12(14)13(15)5-10/h3-6,9H,7-8,15H2,1-2H3. The molecule has 0 radical (unpaired) electrons. The number of aromatic nitrogens is 2. The highest BCUT2D eigenvalue weighted by molar-refractivity contribution is 6.33. The molecule has 4 nitrogen and oxygen atoms in total. The van der Waals surface area contributed by atoms with Crippen molar-refractivity contribution >= 4 is 17.3 Å². The molecule has 0 atom stereocenters. The van der Waals surface area contributed by atoms with Gasteiger partial charge in [0.25, 0.3) is 0 Å². The van der Waals surface area contributed by atoms with Crippen LogP contribution in [0.5, 0.6) is 0 Å². The van der Waals surface area contributed by atoms with E-state index in [0.717, 1.165) is 18.7 Å².